The molecule has 0 spiro atoms. The Balaban J connectivity index is 2.34. The van der Waals surface area contributed by atoms with Crippen LogP contribution < -0.4 is 5.32 Å². The van der Waals surface area contributed by atoms with E-state index < -0.39 is 5.97 Å². The maximum absolute atomic E-state index is 11.8. The van der Waals surface area contributed by atoms with E-state index in [9.17, 15) is 9.59 Å². The summed E-state index contributed by atoms with van der Waals surface area (Å²) in [6, 6.07) is -0.135. The number of carbonyl (C=O) groups is 2. The minimum absolute atomic E-state index is 0.0227. The molecule has 0 saturated carbocycles. The Kier molecular flexibility index (Phi) is 4.78. The van der Waals surface area contributed by atoms with Crippen molar-refractivity contribution >= 4 is 12.0 Å². The maximum atomic E-state index is 11.8. The fourth-order valence-electron chi connectivity index (χ4n) is 2.01. The number of carbonyl (C=O) groups excluding carboxylic acids is 1. The Labute approximate surface area is 102 Å². The molecular formula is C12H22N2O3. The molecule has 0 bridgehead atoms. The molecular weight excluding hydrogens is 220 g/mol. The SMILES string of the molecule is CC1(C)CCCN(C(=O)NCCC(=O)O)CC1. The van der Waals surface area contributed by atoms with E-state index in [0.29, 0.717) is 5.41 Å². The third-order valence-electron chi connectivity index (χ3n) is 3.24. The van der Waals surface area contributed by atoms with Gasteiger partial charge in [-0.3, -0.25) is 4.79 Å². The second-order valence-electron chi connectivity index (χ2n) is 5.38. The third kappa shape index (κ3) is 5.06. The number of rotatable bonds is 3. The molecule has 0 radical (unpaired) electrons. The van der Waals surface area contributed by atoms with Gasteiger partial charge in [0, 0.05) is 19.6 Å². The summed E-state index contributed by atoms with van der Waals surface area (Å²) in [5, 5.41) is 11.1. The molecule has 98 valence electrons. The summed E-state index contributed by atoms with van der Waals surface area (Å²) in [5.41, 5.74) is 0.302. The summed E-state index contributed by atoms with van der Waals surface area (Å²) >= 11 is 0. The van der Waals surface area contributed by atoms with Crippen molar-refractivity contribution in [3.8, 4) is 0 Å². The van der Waals surface area contributed by atoms with Gasteiger partial charge in [-0.15, -0.1) is 0 Å². The van der Waals surface area contributed by atoms with Crippen LogP contribution in [0, 0.1) is 5.41 Å². The molecule has 5 nitrogen and oxygen atoms in total. The zero-order valence-corrected chi connectivity index (χ0v) is 10.7. The number of hydrogen-bond donors (Lipinski definition) is 2. The van der Waals surface area contributed by atoms with Gasteiger partial charge in [-0.25, -0.2) is 4.79 Å². The molecule has 0 unspecified atom stereocenters. The first-order chi connectivity index (χ1) is 7.91. The van der Waals surface area contributed by atoms with E-state index in [1.165, 1.54) is 0 Å². The van der Waals surface area contributed by atoms with Crippen LogP contribution in [0.25, 0.3) is 0 Å². The van der Waals surface area contributed by atoms with E-state index in [1.54, 1.807) is 4.90 Å². The van der Waals surface area contributed by atoms with Crippen molar-refractivity contribution in [1.29, 1.82) is 0 Å². The first kappa shape index (κ1) is 13.8. The Hall–Kier alpha value is -1.26. The molecule has 0 aromatic rings. The van der Waals surface area contributed by atoms with Crippen LogP contribution in [-0.4, -0.2) is 41.6 Å². The molecule has 17 heavy (non-hydrogen) atoms. The highest BCUT2D eigenvalue weighted by Gasteiger charge is 2.25. The lowest BCUT2D eigenvalue weighted by atomic mass is 9.85. The summed E-state index contributed by atoms with van der Waals surface area (Å²) in [5.74, 6) is -0.887. The smallest absolute Gasteiger partial charge is 0.317 e. The molecule has 1 heterocycles. The Morgan fingerprint density at radius 1 is 1.29 bits per heavy atom. The lowest BCUT2D eigenvalue weighted by Gasteiger charge is -2.23. The molecule has 1 aliphatic heterocycles. The molecule has 0 aromatic heterocycles. The third-order valence-corrected chi connectivity index (χ3v) is 3.24. The van der Waals surface area contributed by atoms with Gasteiger partial charge in [0.25, 0.3) is 0 Å². The van der Waals surface area contributed by atoms with Crippen molar-refractivity contribution < 1.29 is 14.7 Å². The Morgan fingerprint density at radius 2 is 2.00 bits per heavy atom. The van der Waals surface area contributed by atoms with Crippen LogP contribution in [0.5, 0.6) is 0 Å². The van der Waals surface area contributed by atoms with Gasteiger partial charge in [0.2, 0.25) is 0 Å². The van der Waals surface area contributed by atoms with Gasteiger partial charge < -0.3 is 15.3 Å². The quantitative estimate of drug-likeness (QED) is 0.791. The highest BCUT2D eigenvalue weighted by atomic mass is 16.4. The molecule has 1 fully saturated rings. The number of amides is 2. The largest absolute Gasteiger partial charge is 0.481 e. The lowest BCUT2D eigenvalue weighted by molar-refractivity contribution is -0.136. The average molecular weight is 242 g/mol. The predicted octanol–water partition coefficient (Wildman–Crippen LogP) is 1.68. The second kappa shape index (κ2) is 5.89. The van der Waals surface area contributed by atoms with Crippen LogP contribution in [0.15, 0.2) is 0 Å². The van der Waals surface area contributed by atoms with Gasteiger partial charge in [0.1, 0.15) is 0 Å². The predicted molar refractivity (Wildman–Crippen MR) is 64.9 cm³/mol. The normalized spacial score (nSPS) is 19.5. The Bertz CT molecular complexity index is 289. The molecule has 0 atom stereocenters. The van der Waals surface area contributed by atoms with Crippen molar-refractivity contribution in [2.45, 2.75) is 39.5 Å². The number of likely N-dealkylation sites (tertiary alicyclic amines) is 1. The number of carboxylic acid groups (broad SMARTS) is 1. The van der Waals surface area contributed by atoms with E-state index in [-0.39, 0.29) is 19.0 Å². The molecule has 1 saturated heterocycles. The molecule has 2 amide bonds. The minimum atomic E-state index is -0.887. The highest BCUT2D eigenvalue weighted by Crippen LogP contribution is 2.29. The van der Waals surface area contributed by atoms with Crippen molar-refractivity contribution in [1.82, 2.24) is 10.2 Å². The number of carboxylic acids is 1. The summed E-state index contributed by atoms with van der Waals surface area (Å²) < 4.78 is 0. The van der Waals surface area contributed by atoms with Gasteiger partial charge in [-0.2, -0.15) is 0 Å². The topological polar surface area (TPSA) is 69.6 Å². The molecule has 5 heteroatoms. The zero-order chi connectivity index (χ0) is 12.9. The first-order valence-corrected chi connectivity index (χ1v) is 6.15. The summed E-state index contributed by atoms with van der Waals surface area (Å²) in [6.07, 6.45) is 3.12. The van der Waals surface area contributed by atoms with Crippen molar-refractivity contribution in [2.24, 2.45) is 5.41 Å². The standard InChI is InChI=1S/C12H22N2O3/c1-12(2)5-3-8-14(9-6-12)11(17)13-7-4-10(15)16/h3-9H2,1-2H3,(H,13,17)(H,15,16). The summed E-state index contributed by atoms with van der Waals surface area (Å²) in [7, 11) is 0. The first-order valence-electron chi connectivity index (χ1n) is 6.15. The number of aliphatic carboxylic acids is 1. The van der Waals surface area contributed by atoms with E-state index >= 15 is 0 Å². The van der Waals surface area contributed by atoms with Crippen molar-refractivity contribution in [3.05, 3.63) is 0 Å². The van der Waals surface area contributed by atoms with Crippen LogP contribution in [0.1, 0.15) is 39.5 Å². The number of nitrogens with zero attached hydrogens (tertiary/aromatic N) is 1. The lowest BCUT2D eigenvalue weighted by Crippen LogP contribution is -2.41. The highest BCUT2D eigenvalue weighted by molar-refractivity contribution is 5.75. The fraction of sp³-hybridized carbons (Fsp3) is 0.833. The van der Waals surface area contributed by atoms with Gasteiger partial charge >= 0.3 is 12.0 Å². The molecule has 2 N–H and O–H groups in total. The van der Waals surface area contributed by atoms with Crippen LogP contribution >= 0.6 is 0 Å². The van der Waals surface area contributed by atoms with Crippen LogP contribution in [0.2, 0.25) is 0 Å². The summed E-state index contributed by atoms with van der Waals surface area (Å²) in [4.78, 5) is 23.9. The zero-order valence-electron chi connectivity index (χ0n) is 10.7. The average Bonchev–Trinajstić information content (AvgIpc) is 2.38. The van der Waals surface area contributed by atoms with Gasteiger partial charge in [0.15, 0.2) is 0 Å². The van der Waals surface area contributed by atoms with E-state index in [2.05, 4.69) is 19.2 Å². The maximum Gasteiger partial charge on any atom is 0.317 e. The van der Waals surface area contributed by atoms with Crippen molar-refractivity contribution in [3.63, 3.8) is 0 Å². The second-order valence-corrected chi connectivity index (χ2v) is 5.38. The van der Waals surface area contributed by atoms with Gasteiger partial charge in [-0.05, 0) is 24.7 Å². The number of hydrogen-bond acceptors (Lipinski definition) is 2. The van der Waals surface area contributed by atoms with Crippen LogP contribution in [-0.2, 0) is 4.79 Å². The van der Waals surface area contributed by atoms with Gasteiger partial charge in [-0.1, -0.05) is 13.8 Å². The summed E-state index contributed by atoms with van der Waals surface area (Å²) in [6.45, 7) is 6.17. The monoisotopic (exact) mass is 242 g/mol. The number of nitrogens with one attached hydrogen (secondary N) is 1. The molecule has 0 aromatic carbocycles. The molecule has 1 aliphatic rings. The minimum Gasteiger partial charge on any atom is -0.481 e. The van der Waals surface area contributed by atoms with Crippen LogP contribution in [0.4, 0.5) is 4.79 Å². The van der Waals surface area contributed by atoms with E-state index in [4.69, 9.17) is 5.11 Å². The van der Waals surface area contributed by atoms with Crippen molar-refractivity contribution in [2.75, 3.05) is 19.6 Å². The van der Waals surface area contributed by atoms with E-state index in [0.717, 1.165) is 32.4 Å². The van der Waals surface area contributed by atoms with Crippen LogP contribution in [0.3, 0.4) is 0 Å². The van der Waals surface area contributed by atoms with Gasteiger partial charge in [0.05, 0.1) is 6.42 Å². The number of urea groups is 1. The molecule has 1 rings (SSSR count). The molecule has 0 aliphatic carbocycles. The fourth-order valence-corrected chi connectivity index (χ4v) is 2.01. The Morgan fingerprint density at radius 3 is 2.65 bits per heavy atom. The van der Waals surface area contributed by atoms with E-state index in [1.807, 2.05) is 0 Å².